The molecular formula is C20H29N3O4. The maximum Gasteiger partial charge on any atom is 0.328 e. The zero-order chi connectivity index (χ0) is 20.6. The first-order valence-corrected chi connectivity index (χ1v) is 9.08. The van der Waals surface area contributed by atoms with Crippen LogP contribution in [0.1, 0.15) is 52.4 Å². The number of nitrogens with zero attached hydrogens (tertiary/aromatic N) is 3. The molecule has 1 aromatic heterocycles. The molecule has 0 bridgehead atoms. The Bertz CT molecular complexity index is 752. The van der Waals surface area contributed by atoms with Gasteiger partial charge in [0.15, 0.2) is 0 Å². The Kier molecular flexibility index (Phi) is 5.63. The highest BCUT2D eigenvalue weighted by Crippen LogP contribution is 2.39. The lowest BCUT2D eigenvalue weighted by atomic mass is 9.71. The molecule has 1 aliphatic rings. The quantitative estimate of drug-likeness (QED) is 0.772. The van der Waals surface area contributed by atoms with Crippen molar-refractivity contribution in [2.75, 3.05) is 6.54 Å². The van der Waals surface area contributed by atoms with Crippen molar-refractivity contribution in [3.63, 3.8) is 0 Å². The fraction of sp³-hybridized carbons (Fsp3) is 0.600. The van der Waals surface area contributed by atoms with E-state index in [4.69, 9.17) is 0 Å². The van der Waals surface area contributed by atoms with E-state index in [9.17, 15) is 19.5 Å². The summed E-state index contributed by atoms with van der Waals surface area (Å²) in [5.74, 6) is -1.50. The van der Waals surface area contributed by atoms with Gasteiger partial charge in [0.2, 0.25) is 0 Å². The van der Waals surface area contributed by atoms with Crippen molar-refractivity contribution >= 4 is 17.9 Å². The van der Waals surface area contributed by atoms with E-state index in [1.54, 1.807) is 6.07 Å². The average molecular weight is 375 g/mol. The Hall–Kier alpha value is -2.44. The van der Waals surface area contributed by atoms with E-state index in [-0.39, 0.29) is 18.5 Å². The van der Waals surface area contributed by atoms with E-state index in [0.717, 1.165) is 10.6 Å². The number of aromatic nitrogens is 1. The number of carbonyl (C=O) groups is 3. The molecule has 1 atom stereocenters. The first-order valence-electron chi connectivity index (χ1n) is 9.08. The number of amides is 3. The van der Waals surface area contributed by atoms with E-state index >= 15 is 0 Å². The van der Waals surface area contributed by atoms with Crippen LogP contribution in [-0.2, 0) is 16.1 Å². The number of aryl methyl sites for hydroxylation is 1. The molecule has 1 aromatic rings. The van der Waals surface area contributed by atoms with Gasteiger partial charge in [-0.2, -0.15) is 0 Å². The Morgan fingerprint density at radius 3 is 2.37 bits per heavy atom. The van der Waals surface area contributed by atoms with Crippen LogP contribution in [0.3, 0.4) is 0 Å². The molecule has 0 radical (unpaired) electrons. The van der Waals surface area contributed by atoms with Crippen LogP contribution >= 0.6 is 0 Å². The Labute approximate surface area is 160 Å². The fourth-order valence-electron chi connectivity index (χ4n) is 4.12. The molecule has 0 aromatic carbocycles. The van der Waals surface area contributed by atoms with E-state index in [1.807, 2.05) is 53.7 Å². The van der Waals surface area contributed by atoms with Crippen LogP contribution in [0.4, 0.5) is 4.79 Å². The number of rotatable bonds is 6. The second kappa shape index (κ2) is 7.29. The predicted molar refractivity (Wildman–Crippen MR) is 101 cm³/mol. The van der Waals surface area contributed by atoms with Gasteiger partial charge in [0.1, 0.15) is 12.6 Å². The third kappa shape index (κ3) is 4.84. The van der Waals surface area contributed by atoms with Crippen molar-refractivity contribution in [2.24, 2.45) is 10.8 Å². The highest BCUT2D eigenvalue weighted by Gasteiger charge is 2.49. The zero-order valence-corrected chi connectivity index (χ0v) is 16.9. The number of imide groups is 1. The standard InChI is InChI=1S/C20H29N3O4/c1-13-8-7-9-14(21-13)10-22-15(24)11-23(18(22)27)16(17(25)26)20(5,6)12-19(2,3)4/h7-9,16H,10-12H2,1-6H3,(H,25,26)/t16-/m1/s1. The molecule has 7 heteroatoms. The van der Waals surface area contributed by atoms with Crippen LogP contribution in [0.15, 0.2) is 18.2 Å². The van der Waals surface area contributed by atoms with E-state index in [0.29, 0.717) is 12.1 Å². The number of aliphatic carboxylic acids is 1. The molecule has 0 aliphatic carbocycles. The molecule has 1 N–H and O–H groups in total. The third-order valence-electron chi connectivity index (χ3n) is 4.62. The molecule has 27 heavy (non-hydrogen) atoms. The van der Waals surface area contributed by atoms with Gasteiger partial charge < -0.3 is 10.0 Å². The summed E-state index contributed by atoms with van der Waals surface area (Å²) in [6.45, 7) is 11.4. The van der Waals surface area contributed by atoms with Crippen molar-refractivity contribution < 1.29 is 19.5 Å². The molecular weight excluding hydrogens is 346 g/mol. The largest absolute Gasteiger partial charge is 0.480 e. The second-order valence-electron chi connectivity index (χ2n) is 9.13. The third-order valence-corrected chi connectivity index (χ3v) is 4.62. The molecule has 2 rings (SSSR count). The van der Waals surface area contributed by atoms with Gasteiger partial charge in [0.25, 0.3) is 5.91 Å². The van der Waals surface area contributed by atoms with Gasteiger partial charge in [0, 0.05) is 5.69 Å². The minimum absolute atomic E-state index is 0.0435. The Morgan fingerprint density at radius 2 is 1.85 bits per heavy atom. The monoisotopic (exact) mass is 375 g/mol. The summed E-state index contributed by atoms with van der Waals surface area (Å²) in [6, 6.07) is 3.74. The number of carboxylic acids is 1. The van der Waals surface area contributed by atoms with E-state index in [2.05, 4.69) is 4.98 Å². The predicted octanol–water partition coefficient (Wildman–Crippen LogP) is 3.07. The molecule has 0 saturated carbocycles. The van der Waals surface area contributed by atoms with E-state index < -0.39 is 29.4 Å². The van der Waals surface area contributed by atoms with Gasteiger partial charge in [-0.3, -0.25) is 14.7 Å². The fourth-order valence-corrected chi connectivity index (χ4v) is 4.12. The van der Waals surface area contributed by atoms with Gasteiger partial charge in [-0.05, 0) is 36.3 Å². The molecule has 148 valence electrons. The molecule has 1 aliphatic heterocycles. The first-order chi connectivity index (χ1) is 12.3. The number of carboxylic acid groups (broad SMARTS) is 1. The number of carbonyl (C=O) groups excluding carboxylic acids is 2. The van der Waals surface area contributed by atoms with Gasteiger partial charge in [0.05, 0.1) is 12.2 Å². The molecule has 0 spiro atoms. The SMILES string of the molecule is Cc1cccc(CN2C(=O)CN([C@H](C(=O)O)C(C)(C)CC(C)(C)C)C2=O)n1. The van der Waals surface area contributed by atoms with Crippen molar-refractivity contribution in [2.45, 2.75) is 60.5 Å². The van der Waals surface area contributed by atoms with Crippen LogP contribution in [0.2, 0.25) is 0 Å². The van der Waals surface area contributed by atoms with Crippen LogP contribution in [0.25, 0.3) is 0 Å². The van der Waals surface area contributed by atoms with Gasteiger partial charge >= 0.3 is 12.0 Å². The summed E-state index contributed by atoms with van der Waals surface area (Å²) in [5.41, 5.74) is 0.574. The molecule has 1 saturated heterocycles. The number of urea groups is 1. The zero-order valence-electron chi connectivity index (χ0n) is 16.9. The Morgan fingerprint density at radius 1 is 1.22 bits per heavy atom. The van der Waals surface area contributed by atoms with Gasteiger partial charge in [-0.1, -0.05) is 40.7 Å². The summed E-state index contributed by atoms with van der Waals surface area (Å²) in [5, 5.41) is 9.85. The number of hydrogen-bond donors (Lipinski definition) is 1. The van der Waals surface area contributed by atoms with Gasteiger partial charge in [-0.25, -0.2) is 9.59 Å². The lowest BCUT2D eigenvalue weighted by Crippen LogP contribution is -2.53. The highest BCUT2D eigenvalue weighted by atomic mass is 16.4. The lowest BCUT2D eigenvalue weighted by Gasteiger charge is -2.40. The smallest absolute Gasteiger partial charge is 0.328 e. The molecule has 3 amide bonds. The summed E-state index contributed by atoms with van der Waals surface area (Å²) >= 11 is 0. The first kappa shape index (κ1) is 20.9. The summed E-state index contributed by atoms with van der Waals surface area (Å²) in [4.78, 5) is 44.0. The van der Waals surface area contributed by atoms with Crippen LogP contribution in [0, 0.1) is 17.8 Å². The topological polar surface area (TPSA) is 90.8 Å². The minimum atomic E-state index is -1.10. The average Bonchev–Trinajstić information content (AvgIpc) is 2.72. The number of pyridine rings is 1. The summed E-state index contributed by atoms with van der Waals surface area (Å²) < 4.78 is 0. The minimum Gasteiger partial charge on any atom is -0.480 e. The van der Waals surface area contributed by atoms with Crippen molar-refractivity contribution in [1.82, 2.24) is 14.8 Å². The highest BCUT2D eigenvalue weighted by molar-refractivity contribution is 6.03. The molecule has 7 nitrogen and oxygen atoms in total. The summed E-state index contributed by atoms with van der Waals surface area (Å²) in [7, 11) is 0. The van der Waals surface area contributed by atoms with Gasteiger partial charge in [-0.15, -0.1) is 0 Å². The lowest BCUT2D eigenvalue weighted by molar-refractivity contribution is -0.147. The molecule has 0 unspecified atom stereocenters. The molecule has 2 heterocycles. The normalized spacial score (nSPS) is 16.8. The molecule has 1 fully saturated rings. The maximum absolute atomic E-state index is 12.9. The van der Waals surface area contributed by atoms with Crippen LogP contribution in [-0.4, -0.2) is 50.4 Å². The van der Waals surface area contributed by atoms with Crippen molar-refractivity contribution in [3.05, 3.63) is 29.6 Å². The van der Waals surface area contributed by atoms with Crippen molar-refractivity contribution in [3.8, 4) is 0 Å². The van der Waals surface area contributed by atoms with Crippen LogP contribution < -0.4 is 0 Å². The van der Waals surface area contributed by atoms with Crippen LogP contribution in [0.5, 0.6) is 0 Å². The van der Waals surface area contributed by atoms with E-state index in [1.165, 1.54) is 4.90 Å². The van der Waals surface area contributed by atoms with Crippen molar-refractivity contribution in [1.29, 1.82) is 0 Å². The summed E-state index contributed by atoms with van der Waals surface area (Å²) in [6.07, 6.45) is 0.592. The second-order valence-corrected chi connectivity index (χ2v) is 9.13. The number of hydrogen-bond acceptors (Lipinski definition) is 4. The Balaban J connectivity index is 2.27. The maximum atomic E-state index is 12.9.